The fourth-order valence-electron chi connectivity index (χ4n) is 10.5. The summed E-state index contributed by atoms with van der Waals surface area (Å²) >= 11 is 6.85. The summed E-state index contributed by atoms with van der Waals surface area (Å²) in [5.74, 6) is -3.02. The molecule has 2 aromatic carbocycles. The van der Waals surface area contributed by atoms with E-state index in [0.29, 0.717) is 53.0 Å². The van der Waals surface area contributed by atoms with Gasteiger partial charge in [-0.1, -0.05) is 63.9 Å². The molecule has 0 aromatic heterocycles. The number of methoxy groups -OCH3 is 2. The molecule has 0 radical (unpaired) electrons. The van der Waals surface area contributed by atoms with Gasteiger partial charge in [-0.25, -0.2) is 19.8 Å². The molecule has 26 heteroatoms. The number of anilines is 2. The predicted molar refractivity (Wildman–Crippen MR) is 320 cm³/mol. The first-order chi connectivity index (χ1) is 40.2. The zero-order valence-electron chi connectivity index (χ0n) is 50.0. The van der Waals surface area contributed by atoms with Crippen molar-refractivity contribution in [1.29, 1.82) is 0 Å². The van der Waals surface area contributed by atoms with E-state index in [2.05, 4.69) is 20.7 Å². The largest absolute Gasteiger partial charge is 0.495 e. The molecular weight excluding hydrogens is 1160 g/mol. The number of hydrogen-bond donors (Lipinski definition) is 3. The highest BCUT2D eigenvalue weighted by Crippen LogP contribution is 2.49. The average Bonchev–Trinajstić information content (AvgIpc) is 1.69. The number of esters is 1. The van der Waals surface area contributed by atoms with Crippen molar-refractivity contribution in [3.05, 3.63) is 70.3 Å². The van der Waals surface area contributed by atoms with E-state index >= 15 is 0 Å². The van der Waals surface area contributed by atoms with Crippen LogP contribution in [0.15, 0.2) is 59.2 Å². The number of hydroxylamine groups is 2. The number of halogens is 1. The molecular formula is C59H78ClN7O16S2. The lowest BCUT2D eigenvalue weighted by molar-refractivity contribution is -0.197. The van der Waals surface area contributed by atoms with Gasteiger partial charge in [0.15, 0.2) is 5.72 Å². The zero-order valence-corrected chi connectivity index (χ0v) is 52.4. The number of aliphatic hydroxyl groups is 1. The van der Waals surface area contributed by atoms with Crippen LogP contribution in [-0.2, 0) is 63.8 Å². The fraction of sp³-hybridized carbons (Fsp3) is 0.576. The number of carbonyl (C=O) groups excluding carboxylic acids is 8. The van der Waals surface area contributed by atoms with Crippen molar-refractivity contribution in [3.63, 3.8) is 0 Å². The van der Waals surface area contributed by atoms with Gasteiger partial charge in [-0.05, 0) is 90.1 Å². The molecule has 5 heterocycles. The molecule has 0 spiro atoms. The van der Waals surface area contributed by atoms with Gasteiger partial charge in [0.2, 0.25) is 17.7 Å². The van der Waals surface area contributed by atoms with Gasteiger partial charge in [0.1, 0.15) is 46.5 Å². The Hall–Kier alpha value is -6.38. The number of epoxide rings is 1. The van der Waals surface area contributed by atoms with Crippen molar-refractivity contribution in [3.8, 4) is 11.5 Å². The lowest BCUT2D eigenvalue weighted by Gasteiger charge is -2.42. The third kappa shape index (κ3) is 16.6. The molecule has 6 amide bonds. The molecule has 85 heavy (non-hydrogen) atoms. The molecule has 464 valence electrons. The van der Waals surface area contributed by atoms with Gasteiger partial charge in [-0.3, -0.25) is 29.3 Å². The molecule has 3 N–H and O–H groups in total. The van der Waals surface area contributed by atoms with Crippen molar-refractivity contribution >= 4 is 97.8 Å². The van der Waals surface area contributed by atoms with Gasteiger partial charge in [-0.15, -0.1) is 5.06 Å². The SMILES string of the molecule is COc1cc2cc(c1Cl)N(C)C(=O)C[C@H](OC(=O)[C@H](C)N(C)C(=O)CCSSC(C)(C)CC(=O)N/N=C1\CCCN(C)c3cc(OCCCC(=O)ON4C(=O)CCC4=O)ccc31)C1(C)O[C@H]1[C@H](C)[C@@H]1C[C@@](O)(NC(=O)O1)[C@H](OC)/C=C/C=C(\C)C2. The molecule has 4 bridgehead atoms. The maximum absolute atomic E-state index is 14.4. The smallest absolute Gasteiger partial charge is 0.409 e. The lowest BCUT2D eigenvalue weighted by atomic mass is 9.83. The van der Waals surface area contributed by atoms with E-state index in [0.717, 1.165) is 35.4 Å². The Morgan fingerprint density at radius 3 is 2.47 bits per heavy atom. The number of hydrazone groups is 1. The second kappa shape index (κ2) is 28.4. The number of imide groups is 1. The fourth-order valence-corrected chi connectivity index (χ4v) is 13.3. The van der Waals surface area contributed by atoms with Crippen molar-refractivity contribution in [2.24, 2.45) is 11.0 Å². The zero-order chi connectivity index (χ0) is 62.1. The van der Waals surface area contributed by atoms with Crippen LogP contribution >= 0.6 is 33.2 Å². The Kier molecular flexibility index (Phi) is 22.1. The number of likely N-dealkylation sites (N-methyl/N-ethyl adjacent to an activating group) is 1. The third-order valence-electron chi connectivity index (χ3n) is 15.7. The first-order valence-corrected chi connectivity index (χ1v) is 30.9. The van der Waals surface area contributed by atoms with Crippen molar-refractivity contribution < 1.29 is 76.7 Å². The van der Waals surface area contributed by atoms with Gasteiger partial charge in [0, 0.05) is 101 Å². The van der Waals surface area contributed by atoms with E-state index in [9.17, 15) is 43.5 Å². The van der Waals surface area contributed by atoms with Crippen LogP contribution in [0.5, 0.6) is 11.5 Å². The highest BCUT2D eigenvalue weighted by atomic mass is 35.5. The van der Waals surface area contributed by atoms with Crippen LogP contribution in [0, 0.1) is 5.92 Å². The summed E-state index contributed by atoms with van der Waals surface area (Å²) in [6.07, 6.45) is 2.30. The minimum absolute atomic E-state index is 0.0186. The van der Waals surface area contributed by atoms with Gasteiger partial charge >= 0.3 is 18.0 Å². The summed E-state index contributed by atoms with van der Waals surface area (Å²) in [6, 6.07) is 8.00. The highest BCUT2D eigenvalue weighted by Gasteiger charge is 2.64. The number of alkyl carbamates (subject to hydrolysis) is 1. The summed E-state index contributed by atoms with van der Waals surface area (Å²) in [7, 11) is 10.8. The Morgan fingerprint density at radius 2 is 1.76 bits per heavy atom. The van der Waals surface area contributed by atoms with E-state index in [1.54, 1.807) is 51.2 Å². The second-order valence-electron chi connectivity index (χ2n) is 22.8. The predicted octanol–water partition coefficient (Wildman–Crippen LogP) is 6.97. The Labute approximate surface area is 508 Å². The number of rotatable bonds is 19. The van der Waals surface area contributed by atoms with E-state index < -0.39 is 88.2 Å². The van der Waals surface area contributed by atoms with Gasteiger partial charge in [0.25, 0.3) is 11.8 Å². The standard InChI is InChI=1S/C59H78ClN7O16S2/c1-34-15-12-17-45(78-11)59(76)32-44(80-56(75)61-59)35(2)54-58(6,82-54)46(31-51(72)66(9)42-28-37(27-34)29-43(77-10)53(42)60)81-55(74)36(3)65(8)48(69)23-26-84-85-57(4,5)33-47(68)63-62-40-16-13-24-64(7)41-30-38(19-20-39(40)41)79-25-14-18-52(73)83-67-49(70)21-22-50(67)71/h12,15,17,19-20,28-30,35-36,44-46,54,76H,13-14,16,18,21-27,31-33H2,1-11H3,(H,61,75)(H,63,68)/b17-12+,34-15+,62-40+/t35-,36+,44+,45-,46+,54+,58?,59+/m1/s1. The van der Waals surface area contributed by atoms with Crippen LogP contribution < -0.4 is 30.0 Å². The van der Waals surface area contributed by atoms with E-state index in [1.165, 1.54) is 59.6 Å². The van der Waals surface area contributed by atoms with Gasteiger partial charge in [0.05, 0.1) is 44.1 Å². The monoisotopic (exact) mass is 1240 g/mol. The molecule has 23 nitrogen and oxygen atoms in total. The van der Waals surface area contributed by atoms with Crippen molar-refractivity contribution in [2.75, 3.05) is 64.1 Å². The summed E-state index contributed by atoms with van der Waals surface area (Å²) < 4.78 is 34.9. The number of benzene rings is 2. The number of carbonyl (C=O) groups is 8. The number of allylic oxidation sites excluding steroid dienone is 3. The van der Waals surface area contributed by atoms with Crippen LogP contribution in [0.4, 0.5) is 16.2 Å². The first-order valence-electron chi connectivity index (χ1n) is 28.2. The maximum Gasteiger partial charge on any atom is 0.409 e. The number of nitrogens with zero attached hydrogens (tertiary/aromatic N) is 5. The number of hydrogen-bond acceptors (Lipinski definition) is 20. The molecule has 5 aliphatic rings. The number of nitrogens with one attached hydrogen (secondary N) is 2. The van der Waals surface area contributed by atoms with Gasteiger partial charge < -0.3 is 53.1 Å². The second-order valence-corrected chi connectivity index (χ2v) is 26.3. The van der Waals surface area contributed by atoms with Crippen LogP contribution in [0.3, 0.4) is 0 Å². The minimum atomic E-state index is -1.88. The maximum atomic E-state index is 14.4. The molecule has 8 atom stereocenters. The molecule has 7 rings (SSSR count). The molecule has 3 saturated heterocycles. The number of amides is 6. The quantitative estimate of drug-likeness (QED) is 0.0320. The third-order valence-corrected chi connectivity index (χ3v) is 19.4. The Bertz CT molecular complexity index is 2960. The molecule has 1 unspecified atom stereocenters. The van der Waals surface area contributed by atoms with Crippen LogP contribution in [-0.4, -0.2) is 169 Å². The summed E-state index contributed by atoms with van der Waals surface area (Å²) in [6.45, 7) is 11.7. The van der Waals surface area contributed by atoms with Crippen LogP contribution in [0.1, 0.15) is 117 Å². The van der Waals surface area contributed by atoms with E-state index in [4.69, 9.17) is 44.9 Å². The topological polar surface area (TPSA) is 274 Å². The van der Waals surface area contributed by atoms with Crippen LogP contribution in [0.25, 0.3) is 0 Å². The van der Waals surface area contributed by atoms with E-state index in [1.807, 2.05) is 46.0 Å². The molecule has 3 fully saturated rings. The van der Waals surface area contributed by atoms with E-state index in [-0.39, 0.29) is 68.4 Å². The highest BCUT2D eigenvalue weighted by molar-refractivity contribution is 8.77. The molecule has 0 aliphatic carbocycles. The summed E-state index contributed by atoms with van der Waals surface area (Å²) in [5.41, 5.74) is 3.98. The first kappa shape index (κ1) is 66.2. The average molecular weight is 1240 g/mol. The summed E-state index contributed by atoms with van der Waals surface area (Å²) in [5, 5.41) is 19.7. The molecule has 5 aliphatic heterocycles. The van der Waals surface area contributed by atoms with Crippen molar-refractivity contribution in [1.82, 2.24) is 20.7 Å². The number of ether oxygens (including phenoxy) is 6. The lowest BCUT2D eigenvalue weighted by Crippen LogP contribution is -2.63. The summed E-state index contributed by atoms with van der Waals surface area (Å²) in [4.78, 5) is 114. The molecule has 0 saturated carbocycles. The molecule has 2 aromatic rings. The van der Waals surface area contributed by atoms with Crippen LogP contribution in [0.2, 0.25) is 5.02 Å². The van der Waals surface area contributed by atoms with Gasteiger partial charge in [-0.2, -0.15) is 5.10 Å². The Balaban J connectivity index is 0.937. The normalized spacial score (nSPS) is 26.4. The Morgan fingerprint density at radius 1 is 1.04 bits per heavy atom. The van der Waals surface area contributed by atoms with Crippen molar-refractivity contribution in [2.45, 2.75) is 159 Å². The minimum Gasteiger partial charge on any atom is -0.495 e. The number of fused-ring (bicyclic) bond motifs is 6.